The van der Waals surface area contributed by atoms with Gasteiger partial charge >= 0.3 is 6.18 Å². The molecule has 2 aromatic rings. The van der Waals surface area contributed by atoms with Gasteiger partial charge in [-0.2, -0.15) is 13.2 Å². The Labute approximate surface area is 118 Å². The number of hydrogen-bond donors (Lipinski definition) is 2. The van der Waals surface area contributed by atoms with E-state index < -0.39 is 17.8 Å². The van der Waals surface area contributed by atoms with Crippen molar-refractivity contribution in [3.63, 3.8) is 0 Å². The van der Waals surface area contributed by atoms with Crippen LogP contribution in [-0.4, -0.2) is 17.1 Å². The third-order valence-electron chi connectivity index (χ3n) is 2.94. The molecule has 112 valence electrons. The Morgan fingerprint density at radius 3 is 2.62 bits per heavy atom. The van der Waals surface area contributed by atoms with Crippen LogP contribution in [0.5, 0.6) is 5.88 Å². The van der Waals surface area contributed by atoms with Crippen LogP contribution in [0.2, 0.25) is 0 Å². The number of pyridine rings is 2. The minimum Gasteiger partial charge on any atom is -0.481 e. The number of alkyl halides is 3. The highest BCUT2D eigenvalue weighted by atomic mass is 19.4. The predicted molar refractivity (Wildman–Crippen MR) is 69.2 cm³/mol. The topological polar surface area (TPSA) is 73.1 Å². The molecule has 0 spiro atoms. The van der Waals surface area contributed by atoms with Gasteiger partial charge in [0.1, 0.15) is 0 Å². The van der Waals surface area contributed by atoms with Gasteiger partial charge in [0, 0.05) is 29.7 Å². The number of nitrogens with two attached hydrogens (primary N) is 1. The van der Waals surface area contributed by atoms with E-state index in [1.165, 1.54) is 13.3 Å². The number of methoxy groups -OCH3 is 1. The van der Waals surface area contributed by atoms with E-state index in [9.17, 15) is 13.2 Å². The van der Waals surface area contributed by atoms with Crippen LogP contribution in [0.15, 0.2) is 36.8 Å². The monoisotopic (exact) mass is 298 g/mol. The first-order chi connectivity index (χ1) is 9.99. The first-order valence-electron chi connectivity index (χ1n) is 5.95. The first kappa shape index (κ1) is 15.2. The predicted octanol–water partition coefficient (Wildman–Crippen LogP) is 2.06. The summed E-state index contributed by atoms with van der Waals surface area (Å²) in [6.45, 7) is 0. The molecule has 0 aliphatic rings. The standard InChI is InChI=1S/C13H13F3N4O/c1-21-12-8(3-2-5-19-12)11(20-17)9-7-18-6-4-10(9)13(14,15)16/h2-7,11,20H,17H2,1H3. The number of ether oxygens (including phenoxy) is 1. The first-order valence-corrected chi connectivity index (χ1v) is 5.95. The number of halogens is 3. The maximum absolute atomic E-state index is 13.1. The maximum atomic E-state index is 13.1. The van der Waals surface area contributed by atoms with E-state index in [2.05, 4.69) is 15.4 Å². The molecule has 1 unspecified atom stereocenters. The van der Waals surface area contributed by atoms with Gasteiger partial charge in [0.05, 0.1) is 18.7 Å². The van der Waals surface area contributed by atoms with E-state index in [4.69, 9.17) is 10.6 Å². The fourth-order valence-electron chi connectivity index (χ4n) is 2.04. The highest BCUT2D eigenvalue weighted by Gasteiger charge is 2.36. The summed E-state index contributed by atoms with van der Waals surface area (Å²) in [5.41, 5.74) is 1.84. The zero-order valence-electron chi connectivity index (χ0n) is 11.1. The second-order valence-electron chi connectivity index (χ2n) is 4.16. The van der Waals surface area contributed by atoms with E-state index in [0.29, 0.717) is 5.56 Å². The van der Waals surface area contributed by atoms with Crippen molar-refractivity contribution < 1.29 is 17.9 Å². The summed E-state index contributed by atoms with van der Waals surface area (Å²) in [5, 5.41) is 0. The molecule has 8 heteroatoms. The molecule has 0 aliphatic heterocycles. The van der Waals surface area contributed by atoms with Crippen molar-refractivity contribution in [2.45, 2.75) is 12.2 Å². The SMILES string of the molecule is COc1ncccc1C(NN)c1cnccc1C(F)(F)F. The van der Waals surface area contributed by atoms with Crippen LogP contribution < -0.4 is 16.0 Å². The van der Waals surface area contributed by atoms with E-state index in [1.807, 2.05) is 0 Å². The molecule has 0 radical (unpaired) electrons. The molecule has 1 atom stereocenters. The number of hydrazine groups is 1. The van der Waals surface area contributed by atoms with Gasteiger partial charge in [-0.3, -0.25) is 10.8 Å². The molecule has 21 heavy (non-hydrogen) atoms. The fourth-order valence-corrected chi connectivity index (χ4v) is 2.04. The van der Waals surface area contributed by atoms with Crippen molar-refractivity contribution in [3.8, 4) is 5.88 Å². The number of nitrogens with one attached hydrogen (secondary N) is 1. The zero-order valence-corrected chi connectivity index (χ0v) is 11.1. The molecule has 0 aliphatic carbocycles. The van der Waals surface area contributed by atoms with Crippen molar-refractivity contribution in [2.24, 2.45) is 5.84 Å². The smallest absolute Gasteiger partial charge is 0.416 e. The lowest BCUT2D eigenvalue weighted by Gasteiger charge is -2.21. The van der Waals surface area contributed by atoms with Gasteiger partial charge in [0.15, 0.2) is 0 Å². The molecule has 0 bridgehead atoms. The largest absolute Gasteiger partial charge is 0.481 e. The summed E-state index contributed by atoms with van der Waals surface area (Å²) in [5.74, 6) is 5.64. The molecule has 0 aromatic carbocycles. The Bertz CT molecular complexity index is 618. The third-order valence-corrected chi connectivity index (χ3v) is 2.94. The molecule has 0 amide bonds. The number of nitrogens with zero attached hydrogens (tertiary/aromatic N) is 2. The van der Waals surface area contributed by atoms with Crippen molar-refractivity contribution in [2.75, 3.05) is 7.11 Å². The fraction of sp³-hybridized carbons (Fsp3) is 0.231. The van der Waals surface area contributed by atoms with Crippen LogP contribution >= 0.6 is 0 Å². The second-order valence-corrected chi connectivity index (χ2v) is 4.16. The van der Waals surface area contributed by atoms with Gasteiger partial charge in [-0.15, -0.1) is 0 Å². The van der Waals surface area contributed by atoms with E-state index >= 15 is 0 Å². The van der Waals surface area contributed by atoms with Gasteiger partial charge in [0.25, 0.3) is 0 Å². The Morgan fingerprint density at radius 2 is 2.00 bits per heavy atom. The molecule has 5 nitrogen and oxygen atoms in total. The Morgan fingerprint density at radius 1 is 1.24 bits per heavy atom. The quantitative estimate of drug-likeness (QED) is 0.667. The molecular weight excluding hydrogens is 285 g/mol. The normalized spacial score (nSPS) is 13.0. The van der Waals surface area contributed by atoms with Crippen molar-refractivity contribution in [3.05, 3.63) is 53.5 Å². The average Bonchev–Trinajstić information content (AvgIpc) is 2.48. The molecule has 0 saturated carbocycles. The summed E-state index contributed by atoms with van der Waals surface area (Å²) in [6, 6.07) is 3.14. The van der Waals surface area contributed by atoms with Gasteiger partial charge < -0.3 is 4.74 Å². The molecule has 2 heterocycles. The van der Waals surface area contributed by atoms with Gasteiger partial charge in [0.2, 0.25) is 5.88 Å². The highest BCUT2D eigenvalue weighted by molar-refractivity contribution is 5.40. The van der Waals surface area contributed by atoms with E-state index in [1.54, 1.807) is 12.1 Å². The summed E-state index contributed by atoms with van der Waals surface area (Å²) in [4.78, 5) is 7.72. The molecule has 2 aromatic heterocycles. The van der Waals surface area contributed by atoms with Gasteiger partial charge in [-0.05, 0) is 12.1 Å². The van der Waals surface area contributed by atoms with Crippen LogP contribution in [0.3, 0.4) is 0 Å². The summed E-state index contributed by atoms with van der Waals surface area (Å²) < 4.78 is 44.4. The summed E-state index contributed by atoms with van der Waals surface area (Å²) >= 11 is 0. The lowest BCUT2D eigenvalue weighted by Crippen LogP contribution is -2.31. The third kappa shape index (κ3) is 3.11. The molecule has 2 rings (SSSR count). The number of hydrogen-bond acceptors (Lipinski definition) is 5. The number of rotatable bonds is 4. The maximum Gasteiger partial charge on any atom is 0.416 e. The minimum atomic E-state index is -4.51. The van der Waals surface area contributed by atoms with E-state index in [0.717, 1.165) is 18.5 Å². The van der Waals surface area contributed by atoms with E-state index in [-0.39, 0.29) is 11.4 Å². The molecule has 3 N–H and O–H groups in total. The Kier molecular flexibility index (Phi) is 4.39. The minimum absolute atomic E-state index is 0.0983. The lowest BCUT2D eigenvalue weighted by atomic mass is 9.97. The molecule has 0 fully saturated rings. The highest BCUT2D eigenvalue weighted by Crippen LogP contribution is 2.37. The Hall–Kier alpha value is -2.19. The summed E-state index contributed by atoms with van der Waals surface area (Å²) in [7, 11) is 1.38. The van der Waals surface area contributed by atoms with Crippen LogP contribution in [-0.2, 0) is 6.18 Å². The van der Waals surface area contributed by atoms with Crippen molar-refractivity contribution >= 4 is 0 Å². The molecule has 0 saturated heterocycles. The summed E-state index contributed by atoms with van der Waals surface area (Å²) in [6.07, 6.45) is -0.827. The second kappa shape index (κ2) is 6.06. The average molecular weight is 298 g/mol. The van der Waals surface area contributed by atoms with Gasteiger partial charge in [-0.1, -0.05) is 6.07 Å². The van der Waals surface area contributed by atoms with Crippen LogP contribution in [0.25, 0.3) is 0 Å². The van der Waals surface area contributed by atoms with Crippen LogP contribution in [0.4, 0.5) is 13.2 Å². The number of aromatic nitrogens is 2. The van der Waals surface area contributed by atoms with Crippen molar-refractivity contribution in [1.29, 1.82) is 0 Å². The zero-order chi connectivity index (χ0) is 15.5. The van der Waals surface area contributed by atoms with Crippen molar-refractivity contribution in [1.82, 2.24) is 15.4 Å². The Balaban J connectivity index is 2.58. The lowest BCUT2D eigenvalue weighted by molar-refractivity contribution is -0.138. The van der Waals surface area contributed by atoms with Gasteiger partial charge in [-0.25, -0.2) is 10.4 Å². The van der Waals surface area contributed by atoms with Crippen LogP contribution in [0.1, 0.15) is 22.7 Å². The van der Waals surface area contributed by atoms with Crippen LogP contribution in [0, 0.1) is 0 Å². The molecular formula is C13H13F3N4O.